The van der Waals surface area contributed by atoms with Crippen LogP contribution in [0.15, 0.2) is 46.4 Å². The normalized spacial score (nSPS) is 15.1. The van der Waals surface area contributed by atoms with Crippen LogP contribution in [-0.4, -0.2) is 31.6 Å². The molecular weight excluding hydrogens is 476 g/mol. The largest absolute Gasteiger partial charge is 0.493 e. The first-order chi connectivity index (χ1) is 14.3. The third-order valence-electron chi connectivity index (χ3n) is 4.05. The van der Waals surface area contributed by atoms with Crippen molar-refractivity contribution in [3.8, 4) is 23.8 Å². The molecule has 0 saturated carbocycles. The number of nitrogens with zero attached hydrogens (tertiary/aromatic N) is 1. The number of imide groups is 2. The lowest BCUT2D eigenvalue weighted by Crippen LogP contribution is -2.54. The van der Waals surface area contributed by atoms with E-state index in [2.05, 4.69) is 27.2 Å². The highest BCUT2D eigenvalue weighted by molar-refractivity contribution is 9.10. The first-order valence-electron chi connectivity index (χ1n) is 8.46. The van der Waals surface area contributed by atoms with Gasteiger partial charge < -0.3 is 9.47 Å². The van der Waals surface area contributed by atoms with Gasteiger partial charge in [-0.3, -0.25) is 14.9 Å². The van der Waals surface area contributed by atoms with Gasteiger partial charge in [0.05, 0.1) is 17.3 Å². The van der Waals surface area contributed by atoms with Crippen LogP contribution < -0.4 is 19.7 Å². The summed E-state index contributed by atoms with van der Waals surface area (Å²) in [7, 11) is 1.45. The van der Waals surface area contributed by atoms with Gasteiger partial charge in [-0.2, -0.15) is 0 Å². The number of anilines is 1. The lowest BCUT2D eigenvalue weighted by atomic mass is 10.1. The number of barbiturate groups is 1. The predicted octanol–water partition coefficient (Wildman–Crippen LogP) is 3.79. The van der Waals surface area contributed by atoms with Crippen molar-refractivity contribution in [1.82, 2.24) is 5.32 Å². The molecule has 9 heteroatoms. The van der Waals surface area contributed by atoms with E-state index >= 15 is 0 Å². The first kappa shape index (κ1) is 21.4. The summed E-state index contributed by atoms with van der Waals surface area (Å²) >= 11 is 9.23. The van der Waals surface area contributed by atoms with E-state index in [-0.39, 0.29) is 17.9 Å². The molecule has 0 aromatic heterocycles. The highest BCUT2D eigenvalue weighted by Crippen LogP contribution is 2.37. The molecule has 1 N–H and O–H groups in total. The van der Waals surface area contributed by atoms with Gasteiger partial charge in [0.1, 0.15) is 12.2 Å². The number of nitrogens with one attached hydrogen (secondary N) is 1. The van der Waals surface area contributed by atoms with Crippen molar-refractivity contribution < 1.29 is 23.9 Å². The smallest absolute Gasteiger partial charge is 0.335 e. The first-order valence-corrected chi connectivity index (χ1v) is 9.63. The SMILES string of the molecule is C#CCOc1c(Br)cc(/C=C2/C(=O)NC(=O)N(c3ccc(Cl)cc3)C2=O)cc1OC. The van der Waals surface area contributed by atoms with E-state index in [1.54, 1.807) is 12.1 Å². The number of rotatable bonds is 5. The molecule has 7 nitrogen and oxygen atoms in total. The quantitative estimate of drug-likeness (QED) is 0.392. The highest BCUT2D eigenvalue weighted by Gasteiger charge is 2.36. The van der Waals surface area contributed by atoms with Gasteiger partial charge in [0.15, 0.2) is 11.5 Å². The monoisotopic (exact) mass is 488 g/mol. The van der Waals surface area contributed by atoms with E-state index in [4.69, 9.17) is 27.5 Å². The number of carbonyl (C=O) groups excluding carboxylic acids is 3. The molecule has 1 aliphatic heterocycles. The maximum atomic E-state index is 12.9. The Morgan fingerprint density at radius 2 is 1.93 bits per heavy atom. The summed E-state index contributed by atoms with van der Waals surface area (Å²) in [6.07, 6.45) is 6.57. The number of halogens is 2. The Morgan fingerprint density at radius 1 is 1.23 bits per heavy atom. The van der Waals surface area contributed by atoms with Crippen molar-refractivity contribution in [2.24, 2.45) is 0 Å². The van der Waals surface area contributed by atoms with E-state index in [1.165, 1.54) is 37.5 Å². The summed E-state index contributed by atoms with van der Waals surface area (Å²) in [4.78, 5) is 38.4. The third kappa shape index (κ3) is 4.32. The van der Waals surface area contributed by atoms with E-state index in [1.807, 2.05) is 0 Å². The summed E-state index contributed by atoms with van der Waals surface area (Å²) in [5, 5.41) is 2.61. The van der Waals surface area contributed by atoms with Gasteiger partial charge >= 0.3 is 6.03 Å². The standard InChI is InChI=1S/C21H14BrClN2O5/c1-3-8-30-18-16(22)10-12(11-17(18)29-2)9-15-19(26)24-21(28)25(20(15)27)14-6-4-13(23)5-7-14/h1,4-7,9-11H,8H2,2H3,(H,24,26,28)/b15-9-. The number of amides is 4. The molecule has 30 heavy (non-hydrogen) atoms. The van der Waals surface area contributed by atoms with Crippen molar-refractivity contribution in [2.75, 3.05) is 18.6 Å². The van der Waals surface area contributed by atoms with Crippen molar-refractivity contribution in [3.05, 3.63) is 57.0 Å². The molecule has 0 aliphatic carbocycles. The van der Waals surface area contributed by atoms with E-state index in [0.717, 1.165) is 4.90 Å². The van der Waals surface area contributed by atoms with Crippen LogP contribution in [0.4, 0.5) is 10.5 Å². The minimum absolute atomic E-state index is 0.0362. The molecule has 0 radical (unpaired) electrons. The van der Waals surface area contributed by atoms with E-state index in [0.29, 0.717) is 26.6 Å². The summed E-state index contributed by atoms with van der Waals surface area (Å²) < 4.78 is 11.3. The van der Waals surface area contributed by atoms with Crippen LogP contribution in [0.1, 0.15) is 5.56 Å². The van der Waals surface area contributed by atoms with Crippen molar-refractivity contribution >= 4 is 57.1 Å². The lowest BCUT2D eigenvalue weighted by Gasteiger charge is -2.26. The predicted molar refractivity (Wildman–Crippen MR) is 115 cm³/mol. The number of urea groups is 1. The fraction of sp³-hybridized carbons (Fsp3) is 0.0952. The Bertz CT molecular complexity index is 1110. The number of benzene rings is 2. The van der Waals surface area contributed by atoms with Crippen LogP contribution in [-0.2, 0) is 9.59 Å². The minimum atomic E-state index is -0.846. The molecule has 1 saturated heterocycles. The Balaban J connectivity index is 2.01. The second-order valence-electron chi connectivity index (χ2n) is 5.96. The Labute approximate surface area is 185 Å². The number of terminal acetylenes is 1. The molecule has 0 spiro atoms. The van der Waals surface area contributed by atoms with Crippen molar-refractivity contribution in [1.29, 1.82) is 0 Å². The molecule has 0 unspecified atom stereocenters. The number of carbonyl (C=O) groups is 3. The molecule has 1 aliphatic rings. The minimum Gasteiger partial charge on any atom is -0.493 e. The van der Waals surface area contributed by atoms with Crippen LogP contribution in [0, 0.1) is 12.3 Å². The molecule has 0 bridgehead atoms. The van der Waals surface area contributed by atoms with Crippen LogP contribution in [0.2, 0.25) is 5.02 Å². The van der Waals surface area contributed by atoms with Gasteiger partial charge in [-0.05, 0) is 64.0 Å². The van der Waals surface area contributed by atoms with Gasteiger partial charge in [-0.15, -0.1) is 6.42 Å². The van der Waals surface area contributed by atoms with Crippen molar-refractivity contribution in [2.45, 2.75) is 0 Å². The number of hydrogen-bond donors (Lipinski definition) is 1. The number of hydrogen-bond acceptors (Lipinski definition) is 5. The lowest BCUT2D eigenvalue weighted by molar-refractivity contribution is -0.122. The maximum Gasteiger partial charge on any atom is 0.335 e. The Kier molecular flexibility index (Phi) is 6.45. The van der Waals surface area contributed by atoms with Gasteiger partial charge in [-0.1, -0.05) is 17.5 Å². The fourth-order valence-corrected chi connectivity index (χ4v) is 3.43. The van der Waals surface area contributed by atoms with Crippen LogP contribution in [0.3, 0.4) is 0 Å². The van der Waals surface area contributed by atoms with Crippen molar-refractivity contribution in [3.63, 3.8) is 0 Å². The summed E-state index contributed by atoms with van der Waals surface area (Å²) in [6.45, 7) is 0.0362. The fourth-order valence-electron chi connectivity index (χ4n) is 2.73. The Morgan fingerprint density at radius 3 is 2.57 bits per heavy atom. The number of ether oxygens (including phenoxy) is 2. The Hall–Kier alpha value is -3.28. The zero-order valence-corrected chi connectivity index (χ0v) is 17.9. The van der Waals surface area contributed by atoms with Gasteiger partial charge in [0, 0.05) is 5.02 Å². The molecule has 152 valence electrons. The van der Waals surface area contributed by atoms with Crippen LogP contribution in [0.25, 0.3) is 6.08 Å². The summed E-state index contributed by atoms with van der Waals surface area (Å²) in [6, 6.07) is 8.44. The van der Waals surface area contributed by atoms with Crippen LogP contribution >= 0.6 is 27.5 Å². The van der Waals surface area contributed by atoms with E-state index < -0.39 is 17.8 Å². The van der Waals surface area contributed by atoms with Gasteiger partial charge in [0.25, 0.3) is 11.8 Å². The second kappa shape index (κ2) is 9.03. The van der Waals surface area contributed by atoms with Gasteiger partial charge in [-0.25, -0.2) is 9.69 Å². The molecule has 1 heterocycles. The summed E-state index contributed by atoms with van der Waals surface area (Å²) in [5.41, 5.74) is 0.517. The maximum absolute atomic E-state index is 12.9. The molecule has 4 amide bonds. The molecule has 2 aromatic carbocycles. The second-order valence-corrected chi connectivity index (χ2v) is 7.25. The number of methoxy groups -OCH3 is 1. The third-order valence-corrected chi connectivity index (χ3v) is 4.89. The molecule has 1 fully saturated rings. The van der Waals surface area contributed by atoms with E-state index in [9.17, 15) is 14.4 Å². The molecule has 2 aromatic rings. The zero-order chi connectivity index (χ0) is 21.8. The zero-order valence-electron chi connectivity index (χ0n) is 15.6. The molecule has 0 atom stereocenters. The van der Waals surface area contributed by atoms with Gasteiger partial charge in [0.2, 0.25) is 0 Å². The van der Waals surface area contributed by atoms with Crippen LogP contribution in [0.5, 0.6) is 11.5 Å². The molecular formula is C21H14BrClN2O5. The highest BCUT2D eigenvalue weighted by atomic mass is 79.9. The topological polar surface area (TPSA) is 84.9 Å². The molecule has 3 rings (SSSR count). The average Bonchev–Trinajstić information content (AvgIpc) is 2.71. The summed E-state index contributed by atoms with van der Waals surface area (Å²) in [5.74, 6) is 1.52. The average molecular weight is 490 g/mol.